The van der Waals surface area contributed by atoms with Gasteiger partial charge in [-0.05, 0) is 60.5 Å². The number of benzene rings is 3. The van der Waals surface area contributed by atoms with Crippen LogP contribution in [0.3, 0.4) is 0 Å². The summed E-state index contributed by atoms with van der Waals surface area (Å²) in [6.07, 6.45) is -0.170. The Hall–Kier alpha value is -3.33. The first-order valence-corrected chi connectivity index (χ1v) is 11.8. The summed E-state index contributed by atoms with van der Waals surface area (Å²) in [5.41, 5.74) is -1.07. The molecule has 1 heterocycles. The minimum absolute atomic E-state index is 0.0340. The summed E-state index contributed by atoms with van der Waals surface area (Å²) in [4.78, 5) is 27.2. The van der Waals surface area contributed by atoms with E-state index in [1.54, 1.807) is 24.3 Å². The van der Waals surface area contributed by atoms with Crippen LogP contribution < -0.4 is 10.2 Å². The molecule has 0 aliphatic carbocycles. The van der Waals surface area contributed by atoms with Crippen LogP contribution in [0.15, 0.2) is 66.7 Å². The van der Waals surface area contributed by atoms with Gasteiger partial charge in [0.2, 0.25) is 0 Å². The number of halogens is 3. The van der Waals surface area contributed by atoms with E-state index in [9.17, 15) is 28.6 Å². The molecule has 0 aromatic heterocycles. The fourth-order valence-electron chi connectivity index (χ4n) is 4.36. The molecule has 0 radical (unpaired) electrons. The number of fused-ring (bicyclic) bond motifs is 1. The van der Waals surface area contributed by atoms with Crippen molar-refractivity contribution in [2.75, 3.05) is 23.4 Å². The fraction of sp³-hybridized carbons (Fsp3) is 0.259. The van der Waals surface area contributed by atoms with Crippen molar-refractivity contribution in [1.29, 1.82) is 0 Å². The Morgan fingerprint density at radius 1 is 1.08 bits per heavy atom. The van der Waals surface area contributed by atoms with Gasteiger partial charge in [-0.3, -0.25) is 9.59 Å². The quantitative estimate of drug-likeness (QED) is 0.446. The van der Waals surface area contributed by atoms with Crippen molar-refractivity contribution in [1.82, 2.24) is 0 Å². The SMILES string of the molecule is CCc1ccccc1C(=O)Nc1ccc(C(=O)N2CCC(F)(F)[C@](O)(CO)c3cc(Cl)ccc32)cc1. The zero-order valence-electron chi connectivity index (χ0n) is 19.5. The van der Waals surface area contributed by atoms with Gasteiger partial charge in [-0.15, -0.1) is 0 Å². The summed E-state index contributed by atoms with van der Waals surface area (Å²) in [5, 5.41) is 23.3. The molecule has 6 nitrogen and oxygen atoms in total. The van der Waals surface area contributed by atoms with Crippen molar-refractivity contribution in [3.63, 3.8) is 0 Å². The van der Waals surface area contributed by atoms with Crippen molar-refractivity contribution in [2.24, 2.45) is 0 Å². The van der Waals surface area contributed by atoms with Gasteiger partial charge in [0.15, 0.2) is 5.60 Å². The predicted molar refractivity (Wildman–Crippen MR) is 134 cm³/mol. The van der Waals surface area contributed by atoms with Crippen LogP contribution in [-0.2, 0) is 12.0 Å². The van der Waals surface area contributed by atoms with E-state index >= 15 is 0 Å². The van der Waals surface area contributed by atoms with Gasteiger partial charge in [0.05, 0.1) is 12.3 Å². The van der Waals surface area contributed by atoms with Crippen LogP contribution in [0.25, 0.3) is 0 Å². The van der Waals surface area contributed by atoms with Crippen LogP contribution in [-0.4, -0.2) is 41.1 Å². The average Bonchev–Trinajstić information content (AvgIpc) is 2.96. The minimum Gasteiger partial charge on any atom is -0.393 e. The van der Waals surface area contributed by atoms with E-state index in [0.29, 0.717) is 17.7 Å². The number of carbonyl (C=O) groups excluding carboxylic acids is 2. The summed E-state index contributed by atoms with van der Waals surface area (Å²) in [6, 6.07) is 17.3. The molecule has 2 amide bonds. The lowest BCUT2D eigenvalue weighted by molar-refractivity contribution is -0.205. The number of nitrogens with zero attached hydrogens (tertiary/aromatic N) is 1. The molecular weight excluding hydrogens is 490 g/mol. The van der Waals surface area contributed by atoms with Gasteiger partial charge in [0.1, 0.15) is 0 Å². The Morgan fingerprint density at radius 2 is 1.78 bits per heavy atom. The third-order valence-corrected chi connectivity index (χ3v) is 6.69. The molecule has 9 heteroatoms. The molecule has 36 heavy (non-hydrogen) atoms. The van der Waals surface area contributed by atoms with Crippen molar-refractivity contribution in [2.45, 2.75) is 31.3 Å². The molecule has 1 aliphatic heterocycles. The second-order valence-corrected chi connectivity index (χ2v) is 9.07. The summed E-state index contributed by atoms with van der Waals surface area (Å²) < 4.78 is 29.8. The van der Waals surface area contributed by atoms with Crippen LogP contribution in [0.4, 0.5) is 20.2 Å². The number of alkyl halides is 2. The Balaban J connectivity index is 1.61. The molecule has 3 aromatic carbocycles. The highest BCUT2D eigenvalue weighted by atomic mass is 35.5. The number of amides is 2. The Kier molecular flexibility index (Phi) is 7.13. The molecule has 1 atom stereocenters. The summed E-state index contributed by atoms with van der Waals surface area (Å²) in [6.45, 7) is 0.318. The van der Waals surface area contributed by atoms with Crippen molar-refractivity contribution in [3.05, 3.63) is 94.0 Å². The van der Waals surface area contributed by atoms with Gasteiger partial charge in [0, 0.05) is 40.4 Å². The molecule has 1 aliphatic rings. The predicted octanol–water partition coefficient (Wildman–Crippen LogP) is 5.02. The fourth-order valence-corrected chi connectivity index (χ4v) is 4.54. The van der Waals surface area contributed by atoms with E-state index in [-0.39, 0.29) is 27.7 Å². The number of aryl methyl sites for hydroxylation is 1. The molecule has 0 saturated carbocycles. The number of hydrogen-bond acceptors (Lipinski definition) is 4. The smallest absolute Gasteiger partial charge is 0.284 e. The summed E-state index contributed by atoms with van der Waals surface area (Å²) in [7, 11) is 0. The van der Waals surface area contributed by atoms with E-state index in [0.717, 1.165) is 16.5 Å². The normalized spacial score (nSPS) is 18.8. The lowest BCUT2D eigenvalue weighted by Crippen LogP contribution is -2.48. The first-order chi connectivity index (χ1) is 17.1. The molecule has 0 fully saturated rings. The van der Waals surface area contributed by atoms with Gasteiger partial charge in [-0.1, -0.05) is 36.7 Å². The zero-order valence-corrected chi connectivity index (χ0v) is 20.2. The van der Waals surface area contributed by atoms with Crippen molar-refractivity contribution < 1.29 is 28.6 Å². The van der Waals surface area contributed by atoms with E-state index in [1.165, 1.54) is 24.3 Å². The van der Waals surface area contributed by atoms with Gasteiger partial charge in [0.25, 0.3) is 17.7 Å². The molecule has 0 bridgehead atoms. The van der Waals surface area contributed by atoms with E-state index in [2.05, 4.69) is 5.32 Å². The second kappa shape index (κ2) is 9.97. The standard InChI is InChI=1S/C27H25ClF2N2O4/c1-2-17-5-3-4-6-21(17)24(34)31-20-10-7-18(8-11-20)25(35)32-14-13-27(29,30)26(36,16-33)22-15-19(28)9-12-23(22)32/h3-12,15,33,36H,2,13-14,16H2,1H3,(H,31,34)/t26-/m0/s1. The highest BCUT2D eigenvalue weighted by molar-refractivity contribution is 6.30. The van der Waals surface area contributed by atoms with Gasteiger partial charge >= 0.3 is 0 Å². The molecule has 3 aromatic rings. The Morgan fingerprint density at radius 3 is 2.44 bits per heavy atom. The maximum Gasteiger partial charge on any atom is 0.284 e. The Labute approximate surface area is 212 Å². The van der Waals surface area contributed by atoms with Gasteiger partial charge < -0.3 is 20.4 Å². The molecule has 188 valence electrons. The first-order valence-electron chi connectivity index (χ1n) is 11.4. The number of carbonyl (C=O) groups is 2. The van der Waals surface area contributed by atoms with E-state index in [4.69, 9.17) is 11.6 Å². The zero-order chi connectivity index (χ0) is 26.1. The second-order valence-electron chi connectivity index (χ2n) is 8.63. The van der Waals surface area contributed by atoms with Crippen LogP contribution in [0, 0.1) is 0 Å². The Bertz CT molecular complexity index is 1300. The van der Waals surface area contributed by atoms with Crippen molar-refractivity contribution >= 4 is 34.8 Å². The monoisotopic (exact) mass is 514 g/mol. The maximum atomic E-state index is 14.9. The lowest BCUT2D eigenvalue weighted by Gasteiger charge is -2.33. The highest BCUT2D eigenvalue weighted by Gasteiger charge is 2.56. The van der Waals surface area contributed by atoms with Crippen LogP contribution in [0.2, 0.25) is 5.02 Å². The number of aliphatic hydroxyl groups is 2. The molecule has 0 saturated heterocycles. The van der Waals surface area contributed by atoms with Gasteiger partial charge in [-0.2, -0.15) is 0 Å². The molecule has 3 N–H and O–H groups in total. The van der Waals surface area contributed by atoms with E-state index in [1.807, 2.05) is 19.1 Å². The first kappa shape index (κ1) is 25.8. The van der Waals surface area contributed by atoms with Crippen LogP contribution >= 0.6 is 11.6 Å². The number of nitrogens with one attached hydrogen (secondary N) is 1. The van der Waals surface area contributed by atoms with Crippen LogP contribution in [0.1, 0.15) is 45.2 Å². The average molecular weight is 515 g/mol. The minimum atomic E-state index is -3.71. The largest absolute Gasteiger partial charge is 0.393 e. The van der Waals surface area contributed by atoms with Gasteiger partial charge in [-0.25, -0.2) is 8.78 Å². The van der Waals surface area contributed by atoms with E-state index < -0.39 is 37.0 Å². The number of rotatable bonds is 5. The number of hydrogen-bond donors (Lipinski definition) is 3. The highest BCUT2D eigenvalue weighted by Crippen LogP contribution is 2.47. The number of anilines is 2. The third kappa shape index (κ3) is 4.59. The topological polar surface area (TPSA) is 89.9 Å². The summed E-state index contributed by atoms with van der Waals surface area (Å²) in [5.74, 6) is -4.57. The summed E-state index contributed by atoms with van der Waals surface area (Å²) >= 11 is 6.00. The lowest BCUT2D eigenvalue weighted by atomic mass is 9.86. The van der Waals surface area contributed by atoms with Crippen LogP contribution in [0.5, 0.6) is 0 Å². The molecule has 0 unspecified atom stereocenters. The van der Waals surface area contributed by atoms with Crippen molar-refractivity contribution in [3.8, 4) is 0 Å². The third-order valence-electron chi connectivity index (χ3n) is 6.46. The molecular formula is C27H25ClF2N2O4. The molecule has 0 spiro atoms. The maximum absolute atomic E-state index is 14.9. The molecule has 4 rings (SSSR count). The number of aliphatic hydroxyl groups excluding tert-OH is 1.